The molecule has 0 saturated carbocycles. The number of carbonyl (C=O) groups excluding carboxylic acids is 3. The molecule has 7 heteroatoms. The van der Waals surface area contributed by atoms with Gasteiger partial charge in [-0.05, 0) is 36.6 Å². The fourth-order valence-corrected chi connectivity index (χ4v) is 3.73. The normalized spacial score (nSPS) is 13.7. The van der Waals surface area contributed by atoms with Crippen molar-refractivity contribution in [1.29, 1.82) is 0 Å². The van der Waals surface area contributed by atoms with Gasteiger partial charge in [0.2, 0.25) is 0 Å². The quantitative estimate of drug-likeness (QED) is 0.127. The summed E-state index contributed by atoms with van der Waals surface area (Å²) in [6.07, 6.45) is 1.49. The van der Waals surface area contributed by atoms with E-state index in [1.165, 1.54) is 0 Å². The molecule has 2 aromatic rings. The Morgan fingerprint density at radius 3 is 2.19 bits per heavy atom. The number of aliphatic hydroxyl groups is 1. The first-order valence-corrected chi connectivity index (χ1v) is 10.4. The summed E-state index contributed by atoms with van der Waals surface area (Å²) in [4.78, 5) is 39.2. The lowest BCUT2D eigenvalue weighted by atomic mass is 9.99. The summed E-state index contributed by atoms with van der Waals surface area (Å²) >= 11 is 5.52. The smallest absolute Gasteiger partial charge is 0.343 e. The van der Waals surface area contributed by atoms with Gasteiger partial charge < -0.3 is 9.84 Å². The number of hydrogen-bond donors (Lipinski definition) is 1. The number of carbonyl (C=O) groups is 3. The number of benzene rings is 2. The van der Waals surface area contributed by atoms with E-state index in [0.29, 0.717) is 12.0 Å². The van der Waals surface area contributed by atoms with Gasteiger partial charge in [-0.15, -0.1) is 0 Å². The fourth-order valence-electron chi connectivity index (χ4n) is 3.30. The zero-order chi connectivity index (χ0) is 22.5. The van der Waals surface area contributed by atoms with Crippen LogP contribution in [0.25, 0.3) is 0 Å². The third-order valence-electron chi connectivity index (χ3n) is 5.03. The lowest BCUT2D eigenvalue weighted by Crippen LogP contribution is -2.33. The SMILES string of the molecule is CCCCOC(=O)C(C(=S)c1ccccc1C)=C(O)CN1C(=O)c2ccccc2C1=O. The zero-order valence-corrected chi connectivity index (χ0v) is 18.2. The van der Waals surface area contributed by atoms with Crippen molar-refractivity contribution in [2.24, 2.45) is 0 Å². The molecule has 6 nitrogen and oxygen atoms in total. The maximum Gasteiger partial charge on any atom is 0.343 e. The second-order valence-electron chi connectivity index (χ2n) is 7.20. The number of ether oxygens (including phenoxy) is 1. The van der Waals surface area contributed by atoms with E-state index in [1.807, 2.05) is 26.0 Å². The molecule has 160 valence electrons. The van der Waals surface area contributed by atoms with Gasteiger partial charge in [0.1, 0.15) is 11.3 Å². The van der Waals surface area contributed by atoms with E-state index in [1.54, 1.807) is 36.4 Å². The van der Waals surface area contributed by atoms with Gasteiger partial charge in [-0.1, -0.05) is 62.0 Å². The molecule has 1 heterocycles. The molecule has 2 aromatic carbocycles. The van der Waals surface area contributed by atoms with E-state index in [-0.39, 0.29) is 28.2 Å². The third-order valence-corrected chi connectivity index (χ3v) is 5.45. The molecule has 1 aliphatic rings. The first kappa shape index (κ1) is 22.4. The molecule has 3 rings (SSSR count). The lowest BCUT2D eigenvalue weighted by Gasteiger charge is -2.17. The number of amides is 2. The number of thiocarbonyl (C=S) groups is 1. The molecular weight excluding hydrogens is 414 g/mol. The van der Waals surface area contributed by atoms with Crippen molar-refractivity contribution in [3.05, 3.63) is 82.1 Å². The van der Waals surface area contributed by atoms with Gasteiger partial charge in [0.05, 0.1) is 29.1 Å². The van der Waals surface area contributed by atoms with E-state index in [4.69, 9.17) is 17.0 Å². The first-order valence-electron chi connectivity index (χ1n) is 10.0. The highest BCUT2D eigenvalue weighted by Gasteiger charge is 2.37. The van der Waals surface area contributed by atoms with Crippen LogP contribution < -0.4 is 0 Å². The lowest BCUT2D eigenvalue weighted by molar-refractivity contribution is -0.138. The molecule has 0 aromatic heterocycles. The maximum absolute atomic E-state index is 12.8. The van der Waals surface area contributed by atoms with Crippen LogP contribution in [0.5, 0.6) is 0 Å². The molecule has 1 N–H and O–H groups in total. The van der Waals surface area contributed by atoms with E-state index in [9.17, 15) is 19.5 Å². The van der Waals surface area contributed by atoms with Gasteiger partial charge in [-0.3, -0.25) is 14.5 Å². The van der Waals surface area contributed by atoms with E-state index in [2.05, 4.69) is 0 Å². The molecule has 0 fully saturated rings. The van der Waals surface area contributed by atoms with Crippen LogP contribution in [-0.2, 0) is 9.53 Å². The highest BCUT2D eigenvalue weighted by Crippen LogP contribution is 2.25. The Morgan fingerprint density at radius 2 is 1.61 bits per heavy atom. The number of imide groups is 1. The van der Waals surface area contributed by atoms with Gasteiger partial charge in [-0.25, -0.2) is 4.79 Å². The van der Waals surface area contributed by atoms with Gasteiger partial charge >= 0.3 is 5.97 Å². The minimum absolute atomic E-state index is 0.105. The van der Waals surface area contributed by atoms with E-state index < -0.39 is 30.1 Å². The number of esters is 1. The van der Waals surface area contributed by atoms with Crippen LogP contribution in [0.3, 0.4) is 0 Å². The van der Waals surface area contributed by atoms with Crippen LogP contribution in [0.2, 0.25) is 0 Å². The molecule has 2 amide bonds. The van der Waals surface area contributed by atoms with Crippen molar-refractivity contribution in [3.63, 3.8) is 0 Å². The van der Waals surface area contributed by atoms with Crippen molar-refractivity contribution in [2.45, 2.75) is 26.7 Å². The standard InChI is InChI=1S/C24H23NO5S/c1-3-4-13-30-24(29)20(21(31)16-10-6-5-9-15(16)2)19(26)14-25-22(27)17-11-7-8-12-18(17)23(25)28/h5-12,26H,3-4,13-14H2,1-2H3. The molecule has 0 radical (unpaired) electrons. The Labute approximate surface area is 186 Å². The highest BCUT2D eigenvalue weighted by molar-refractivity contribution is 7.81. The summed E-state index contributed by atoms with van der Waals surface area (Å²) < 4.78 is 5.30. The molecule has 0 bridgehead atoms. The van der Waals surface area contributed by atoms with Crippen LogP contribution in [0.15, 0.2) is 59.9 Å². The van der Waals surface area contributed by atoms with E-state index in [0.717, 1.165) is 16.9 Å². The second-order valence-corrected chi connectivity index (χ2v) is 7.61. The van der Waals surface area contributed by atoms with Crippen molar-refractivity contribution in [1.82, 2.24) is 4.90 Å². The van der Waals surface area contributed by atoms with Crippen LogP contribution in [-0.4, -0.2) is 45.8 Å². The Morgan fingerprint density at radius 1 is 1.03 bits per heavy atom. The number of rotatable bonds is 8. The number of fused-ring (bicyclic) bond motifs is 1. The Bertz CT molecular complexity index is 1050. The van der Waals surface area contributed by atoms with Crippen LogP contribution in [0, 0.1) is 6.92 Å². The topological polar surface area (TPSA) is 83.9 Å². The molecule has 1 aliphatic heterocycles. The molecule has 31 heavy (non-hydrogen) atoms. The van der Waals surface area contributed by atoms with Gasteiger partial charge in [0.15, 0.2) is 0 Å². The van der Waals surface area contributed by atoms with E-state index >= 15 is 0 Å². The zero-order valence-electron chi connectivity index (χ0n) is 17.4. The second kappa shape index (κ2) is 9.66. The number of aliphatic hydroxyl groups excluding tert-OH is 1. The third kappa shape index (κ3) is 4.56. The molecule has 0 aliphatic carbocycles. The van der Waals surface area contributed by atoms with Gasteiger partial charge in [0.25, 0.3) is 11.8 Å². The Hall–Kier alpha value is -3.32. The number of unbranched alkanes of at least 4 members (excludes halogenated alkanes) is 1. The average molecular weight is 438 g/mol. The summed E-state index contributed by atoms with van der Waals surface area (Å²) in [5, 5.41) is 10.9. The Balaban J connectivity index is 1.96. The van der Waals surface area contributed by atoms with Crippen molar-refractivity contribution < 1.29 is 24.2 Å². The fraction of sp³-hybridized carbons (Fsp3) is 0.250. The number of aryl methyl sites for hydroxylation is 1. The summed E-state index contributed by atoms with van der Waals surface area (Å²) in [6, 6.07) is 13.6. The molecule has 0 atom stereocenters. The summed E-state index contributed by atoms with van der Waals surface area (Å²) in [7, 11) is 0. The van der Waals surface area contributed by atoms with Crippen molar-refractivity contribution in [3.8, 4) is 0 Å². The highest BCUT2D eigenvalue weighted by atomic mass is 32.1. The van der Waals surface area contributed by atoms with Gasteiger partial charge in [-0.2, -0.15) is 0 Å². The number of hydrogen-bond acceptors (Lipinski definition) is 6. The molecule has 0 spiro atoms. The summed E-state index contributed by atoms with van der Waals surface area (Å²) in [5.41, 5.74) is 1.72. The van der Waals surface area contributed by atoms with Crippen LogP contribution in [0.1, 0.15) is 51.6 Å². The van der Waals surface area contributed by atoms with Gasteiger partial charge in [0, 0.05) is 0 Å². The summed E-state index contributed by atoms with van der Waals surface area (Å²) in [6.45, 7) is 3.50. The summed E-state index contributed by atoms with van der Waals surface area (Å²) in [5.74, 6) is -2.33. The van der Waals surface area contributed by atoms with Crippen molar-refractivity contribution in [2.75, 3.05) is 13.2 Å². The largest absolute Gasteiger partial charge is 0.509 e. The molecule has 0 unspecified atom stereocenters. The van der Waals surface area contributed by atoms with Crippen LogP contribution in [0.4, 0.5) is 0 Å². The minimum atomic E-state index is -0.782. The predicted octanol–water partition coefficient (Wildman–Crippen LogP) is 4.16. The molecular formula is C24H23NO5S. The monoisotopic (exact) mass is 437 g/mol. The Kier molecular flexibility index (Phi) is 6.97. The molecule has 0 saturated heterocycles. The predicted molar refractivity (Wildman–Crippen MR) is 120 cm³/mol. The average Bonchev–Trinajstić information content (AvgIpc) is 2.99. The maximum atomic E-state index is 12.8. The van der Waals surface area contributed by atoms with Crippen LogP contribution >= 0.6 is 12.2 Å². The van der Waals surface area contributed by atoms with Crippen molar-refractivity contribution >= 4 is 34.9 Å². The minimum Gasteiger partial charge on any atom is -0.509 e. The first-order chi connectivity index (χ1) is 14.9. The number of nitrogens with zero attached hydrogens (tertiary/aromatic N) is 1.